The molecule has 4 heterocycles. The van der Waals surface area contributed by atoms with Gasteiger partial charge in [0.2, 0.25) is 0 Å². The number of halogens is 1. The number of pyridine rings is 1. The highest BCUT2D eigenvalue weighted by Crippen LogP contribution is 2.34. The van der Waals surface area contributed by atoms with E-state index in [4.69, 9.17) is 11.6 Å². The van der Waals surface area contributed by atoms with Crippen LogP contribution in [0.2, 0.25) is 5.02 Å². The van der Waals surface area contributed by atoms with Crippen molar-refractivity contribution in [2.75, 3.05) is 18.1 Å². The van der Waals surface area contributed by atoms with Crippen LogP contribution in [0.15, 0.2) is 54.9 Å². The molecule has 2 fully saturated rings. The summed E-state index contributed by atoms with van der Waals surface area (Å²) in [5, 5.41) is 5.28. The first-order valence-electron chi connectivity index (χ1n) is 11.2. The normalized spacial score (nSPS) is 22.4. The number of likely N-dealkylation sites (tertiary alicyclic amines) is 1. The molecule has 2 aliphatic heterocycles. The van der Waals surface area contributed by atoms with Crippen molar-refractivity contribution < 1.29 is 13.2 Å². The maximum Gasteiger partial charge on any atom is 0.274 e. The van der Waals surface area contributed by atoms with Crippen molar-refractivity contribution in [2.24, 2.45) is 0 Å². The minimum absolute atomic E-state index is 0.0327. The molecule has 0 spiro atoms. The lowest BCUT2D eigenvalue weighted by Gasteiger charge is -2.35. The van der Waals surface area contributed by atoms with E-state index >= 15 is 0 Å². The van der Waals surface area contributed by atoms with Crippen molar-refractivity contribution in [3.63, 3.8) is 0 Å². The molecule has 3 aromatic rings. The Bertz CT molecular complexity index is 1260. The van der Waals surface area contributed by atoms with Crippen LogP contribution in [0.1, 0.15) is 53.8 Å². The minimum Gasteiger partial charge on any atom is -0.330 e. The lowest BCUT2D eigenvalue weighted by molar-refractivity contribution is 0.0604. The highest BCUT2D eigenvalue weighted by atomic mass is 35.5. The predicted octanol–water partition coefficient (Wildman–Crippen LogP) is 4.33. The lowest BCUT2D eigenvalue weighted by Crippen LogP contribution is -2.38. The third-order valence-electron chi connectivity index (χ3n) is 6.48. The van der Waals surface area contributed by atoms with Gasteiger partial charge in [-0.1, -0.05) is 29.8 Å². The Kier molecular flexibility index (Phi) is 5.97. The summed E-state index contributed by atoms with van der Waals surface area (Å²) in [4.78, 5) is 19.8. The van der Waals surface area contributed by atoms with Crippen LogP contribution in [0.3, 0.4) is 0 Å². The Morgan fingerprint density at radius 3 is 2.61 bits per heavy atom. The summed E-state index contributed by atoms with van der Waals surface area (Å²) in [6, 6.07) is 12.6. The van der Waals surface area contributed by atoms with Gasteiger partial charge in [0.1, 0.15) is 0 Å². The zero-order valence-electron chi connectivity index (χ0n) is 18.1. The molecule has 2 aliphatic rings. The van der Waals surface area contributed by atoms with E-state index in [1.165, 1.54) is 0 Å². The molecule has 7 nitrogen and oxygen atoms in total. The second-order valence-corrected chi connectivity index (χ2v) is 11.4. The second-order valence-electron chi connectivity index (χ2n) is 8.72. The zero-order valence-corrected chi connectivity index (χ0v) is 19.7. The number of nitrogens with zero attached hydrogens (tertiary/aromatic N) is 4. The summed E-state index contributed by atoms with van der Waals surface area (Å²) in [5.74, 6) is 0.0273. The van der Waals surface area contributed by atoms with E-state index < -0.39 is 9.84 Å². The van der Waals surface area contributed by atoms with Crippen LogP contribution in [0, 0.1) is 0 Å². The summed E-state index contributed by atoms with van der Waals surface area (Å²) in [6.45, 7) is 0.652. The minimum atomic E-state index is -3.11. The molecule has 2 aromatic heterocycles. The molecule has 0 aliphatic carbocycles. The lowest BCUT2D eigenvalue weighted by atomic mass is 9.96. The van der Waals surface area contributed by atoms with Gasteiger partial charge in [0, 0.05) is 24.0 Å². The molecule has 9 heteroatoms. The van der Waals surface area contributed by atoms with Crippen molar-refractivity contribution in [3.8, 4) is 11.3 Å². The first-order valence-corrected chi connectivity index (χ1v) is 13.4. The van der Waals surface area contributed by atoms with Gasteiger partial charge in [-0.2, -0.15) is 5.10 Å². The van der Waals surface area contributed by atoms with Gasteiger partial charge in [0.25, 0.3) is 5.91 Å². The largest absolute Gasteiger partial charge is 0.330 e. The Morgan fingerprint density at radius 1 is 1.09 bits per heavy atom. The summed E-state index contributed by atoms with van der Waals surface area (Å²) < 4.78 is 26.0. The zero-order chi connectivity index (χ0) is 23.0. The number of hydrogen-bond donors (Lipinski definition) is 0. The van der Waals surface area contributed by atoms with Gasteiger partial charge in [-0.25, -0.2) is 8.42 Å². The van der Waals surface area contributed by atoms with Gasteiger partial charge in [-0.05, 0) is 61.1 Å². The number of amides is 1. The molecular formula is C24H25ClN4O3S. The van der Waals surface area contributed by atoms with Gasteiger partial charge in [0.05, 0.1) is 29.3 Å². The number of carbonyl (C=O) groups is 1. The number of benzene rings is 1. The van der Waals surface area contributed by atoms with E-state index in [2.05, 4.69) is 10.1 Å². The van der Waals surface area contributed by atoms with Crippen LogP contribution in [0.25, 0.3) is 11.3 Å². The Hall–Kier alpha value is -2.71. The fraction of sp³-hybridized carbons (Fsp3) is 0.375. The van der Waals surface area contributed by atoms with Crippen LogP contribution in [0.4, 0.5) is 0 Å². The molecule has 0 bridgehead atoms. The topological polar surface area (TPSA) is 85.2 Å². The van der Waals surface area contributed by atoms with E-state index in [0.29, 0.717) is 23.7 Å². The highest BCUT2D eigenvalue weighted by molar-refractivity contribution is 7.91. The van der Waals surface area contributed by atoms with E-state index in [-0.39, 0.29) is 29.5 Å². The number of rotatable bonds is 4. The van der Waals surface area contributed by atoms with Crippen LogP contribution < -0.4 is 0 Å². The van der Waals surface area contributed by atoms with Crippen molar-refractivity contribution in [2.45, 2.75) is 37.8 Å². The molecule has 33 heavy (non-hydrogen) atoms. The Balaban J connectivity index is 1.53. The molecular weight excluding hydrogens is 460 g/mol. The molecule has 1 amide bonds. The molecule has 0 N–H and O–H groups in total. The SMILES string of the molecule is O=C(c1cc(-c2ccc(Cl)cc2)n([C@@H]2CCS(=O)(=O)C2)n1)N1CCCC[C@H]1c1cccnc1. The molecule has 172 valence electrons. The maximum atomic E-state index is 13.7. The molecule has 0 saturated carbocycles. The number of hydrogen-bond acceptors (Lipinski definition) is 5. The first-order chi connectivity index (χ1) is 15.9. The van der Waals surface area contributed by atoms with Crippen LogP contribution in [-0.2, 0) is 9.84 Å². The van der Waals surface area contributed by atoms with Gasteiger partial charge in [-0.15, -0.1) is 0 Å². The van der Waals surface area contributed by atoms with Gasteiger partial charge in [0.15, 0.2) is 15.5 Å². The van der Waals surface area contributed by atoms with Crippen LogP contribution in [0.5, 0.6) is 0 Å². The van der Waals surface area contributed by atoms with Gasteiger partial charge < -0.3 is 4.90 Å². The summed E-state index contributed by atoms with van der Waals surface area (Å²) >= 11 is 6.07. The van der Waals surface area contributed by atoms with E-state index in [1.54, 1.807) is 29.1 Å². The fourth-order valence-electron chi connectivity index (χ4n) is 4.82. The number of piperidine rings is 1. The Labute approximate surface area is 198 Å². The number of sulfone groups is 1. The summed E-state index contributed by atoms with van der Waals surface area (Å²) in [6.07, 6.45) is 6.90. The van der Waals surface area contributed by atoms with E-state index in [1.807, 2.05) is 35.4 Å². The third-order valence-corrected chi connectivity index (χ3v) is 8.48. The van der Waals surface area contributed by atoms with Crippen molar-refractivity contribution >= 4 is 27.3 Å². The standard InChI is InChI=1S/C24H25ClN4O3S/c25-19-8-6-17(7-9-19)23-14-21(27-29(23)20-10-13-33(31,32)16-20)24(30)28-12-2-1-5-22(28)18-4-3-11-26-15-18/h3-4,6-9,11,14-15,20,22H,1-2,5,10,12-13,16H2/t20-,22+/m1/s1. The number of carbonyl (C=O) groups excluding carboxylic acids is 1. The molecule has 2 saturated heterocycles. The second kappa shape index (κ2) is 8.91. The average molecular weight is 485 g/mol. The van der Waals surface area contributed by atoms with Crippen molar-refractivity contribution in [1.29, 1.82) is 0 Å². The van der Waals surface area contributed by atoms with Crippen molar-refractivity contribution in [1.82, 2.24) is 19.7 Å². The van der Waals surface area contributed by atoms with Crippen LogP contribution in [-0.4, -0.2) is 52.0 Å². The molecule has 0 unspecified atom stereocenters. The maximum absolute atomic E-state index is 13.7. The molecule has 2 atom stereocenters. The van der Waals surface area contributed by atoms with Gasteiger partial charge >= 0.3 is 0 Å². The first kappa shape index (κ1) is 22.1. The van der Waals surface area contributed by atoms with E-state index in [9.17, 15) is 13.2 Å². The Morgan fingerprint density at radius 2 is 1.91 bits per heavy atom. The van der Waals surface area contributed by atoms with Gasteiger partial charge in [-0.3, -0.25) is 14.5 Å². The average Bonchev–Trinajstić information content (AvgIpc) is 3.43. The molecule has 5 rings (SSSR count). The predicted molar refractivity (Wildman–Crippen MR) is 127 cm³/mol. The molecule has 1 aromatic carbocycles. The van der Waals surface area contributed by atoms with E-state index in [0.717, 1.165) is 36.1 Å². The highest BCUT2D eigenvalue weighted by Gasteiger charge is 2.34. The number of aromatic nitrogens is 3. The van der Waals surface area contributed by atoms with Crippen LogP contribution >= 0.6 is 11.6 Å². The smallest absolute Gasteiger partial charge is 0.274 e. The fourth-order valence-corrected chi connectivity index (χ4v) is 6.64. The summed E-state index contributed by atoms with van der Waals surface area (Å²) in [5.41, 5.74) is 2.93. The molecule has 0 radical (unpaired) electrons. The quantitative estimate of drug-likeness (QED) is 0.550. The van der Waals surface area contributed by atoms with Crippen molar-refractivity contribution in [3.05, 3.63) is 71.1 Å². The monoisotopic (exact) mass is 484 g/mol. The summed E-state index contributed by atoms with van der Waals surface area (Å²) in [7, 11) is -3.11. The third kappa shape index (κ3) is 4.54.